The first kappa shape index (κ1) is 39.3. The van der Waals surface area contributed by atoms with E-state index in [1.54, 1.807) is 9.91 Å². The van der Waals surface area contributed by atoms with Gasteiger partial charge in [-0.2, -0.15) is 0 Å². The third-order valence-electron chi connectivity index (χ3n) is 7.94. The molecule has 0 aliphatic heterocycles. The lowest BCUT2D eigenvalue weighted by Gasteiger charge is -2.30. The molecule has 0 spiro atoms. The minimum Gasteiger partial charge on any atom is -0.390 e. The number of sulfonamides is 1. The molecule has 3 rings (SSSR count). The summed E-state index contributed by atoms with van der Waals surface area (Å²) in [6.07, 6.45) is 1.43. The summed E-state index contributed by atoms with van der Waals surface area (Å²) in [5.41, 5.74) is 4.68. The van der Waals surface area contributed by atoms with Crippen molar-refractivity contribution in [3.05, 3.63) is 101 Å². The average molecular weight is 694 g/mol. The number of carbonyl (C=O) groups is 3. The molecule has 266 valence electrons. The number of hydrogen-bond acceptors (Lipinski definition) is 7. The zero-order valence-corrected chi connectivity index (χ0v) is 30.1. The van der Waals surface area contributed by atoms with Gasteiger partial charge < -0.3 is 15.3 Å². The Kier molecular flexibility index (Phi) is 15.4. The maximum atomic E-state index is 13.9. The summed E-state index contributed by atoms with van der Waals surface area (Å²) < 4.78 is 27.5. The number of nitrogens with zero attached hydrogens (tertiary/aromatic N) is 3. The molecule has 0 aliphatic rings. The highest BCUT2D eigenvalue weighted by Gasteiger charge is 2.28. The van der Waals surface area contributed by atoms with Crippen LogP contribution in [-0.4, -0.2) is 97.9 Å². The van der Waals surface area contributed by atoms with Gasteiger partial charge in [-0.15, -0.1) is 0 Å². The molecule has 3 amide bonds. The lowest BCUT2D eigenvalue weighted by atomic mass is 10.00. The van der Waals surface area contributed by atoms with Crippen molar-refractivity contribution in [1.82, 2.24) is 25.0 Å². The van der Waals surface area contributed by atoms with Gasteiger partial charge in [-0.25, -0.2) is 17.7 Å². The maximum Gasteiger partial charge on any atom is 0.253 e. The molecule has 3 N–H and O–H groups in total. The van der Waals surface area contributed by atoms with E-state index in [1.165, 1.54) is 32.3 Å². The Morgan fingerprint density at radius 1 is 0.776 bits per heavy atom. The number of hydrazine groups is 1. The molecule has 0 saturated heterocycles. The maximum absolute atomic E-state index is 13.9. The third-order valence-corrected chi connectivity index (χ3v) is 9.73. The molecule has 0 radical (unpaired) electrons. The molecular weight excluding hydrogens is 643 g/mol. The van der Waals surface area contributed by atoms with Crippen LogP contribution in [0, 0.1) is 0 Å². The third kappa shape index (κ3) is 11.8. The van der Waals surface area contributed by atoms with Crippen molar-refractivity contribution >= 4 is 27.7 Å². The van der Waals surface area contributed by atoms with Gasteiger partial charge in [0.25, 0.3) is 11.8 Å². The molecule has 0 fully saturated rings. The lowest BCUT2D eigenvalue weighted by Crippen LogP contribution is -2.53. The van der Waals surface area contributed by atoms with E-state index in [1.807, 2.05) is 81.4 Å². The fraction of sp³-hybridized carbons (Fsp3) is 0.432. The van der Waals surface area contributed by atoms with Crippen LogP contribution in [0.5, 0.6) is 0 Å². The Labute approximate surface area is 291 Å². The van der Waals surface area contributed by atoms with E-state index in [0.29, 0.717) is 26.1 Å². The fourth-order valence-electron chi connectivity index (χ4n) is 5.47. The Hall–Kier alpha value is -4.10. The van der Waals surface area contributed by atoms with Gasteiger partial charge in [0.05, 0.1) is 23.5 Å². The average Bonchev–Trinajstić information content (AvgIpc) is 3.08. The number of benzene rings is 3. The van der Waals surface area contributed by atoms with Crippen LogP contribution in [0.4, 0.5) is 0 Å². The predicted octanol–water partition coefficient (Wildman–Crippen LogP) is 3.89. The van der Waals surface area contributed by atoms with Gasteiger partial charge in [0.2, 0.25) is 15.9 Å². The van der Waals surface area contributed by atoms with Crippen LogP contribution in [0.3, 0.4) is 0 Å². The van der Waals surface area contributed by atoms with Gasteiger partial charge in [-0.05, 0) is 55.0 Å². The van der Waals surface area contributed by atoms with Crippen molar-refractivity contribution in [3.63, 3.8) is 0 Å². The van der Waals surface area contributed by atoms with Gasteiger partial charge in [0, 0.05) is 51.4 Å². The molecule has 2 unspecified atom stereocenters. The van der Waals surface area contributed by atoms with E-state index >= 15 is 0 Å². The van der Waals surface area contributed by atoms with Crippen LogP contribution in [0.2, 0.25) is 0 Å². The van der Waals surface area contributed by atoms with Gasteiger partial charge in [0.15, 0.2) is 0 Å². The van der Waals surface area contributed by atoms with Crippen LogP contribution in [0.15, 0.2) is 83.8 Å². The summed E-state index contributed by atoms with van der Waals surface area (Å²) in [5, 5.41) is 16.1. The van der Waals surface area contributed by atoms with Crippen molar-refractivity contribution in [2.75, 3.05) is 40.3 Å². The van der Waals surface area contributed by atoms with E-state index < -0.39 is 28.1 Å². The molecule has 11 nitrogen and oxygen atoms in total. The van der Waals surface area contributed by atoms with Gasteiger partial charge in [-0.1, -0.05) is 81.4 Å². The highest BCUT2D eigenvalue weighted by Crippen LogP contribution is 2.21. The molecule has 0 bridgehead atoms. The van der Waals surface area contributed by atoms with Crippen LogP contribution in [0.25, 0.3) is 0 Å². The molecule has 2 atom stereocenters. The van der Waals surface area contributed by atoms with E-state index in [-0.39, 0.29) is 47.2 Å². The summed E-state index contributed by atoms with van der Waals surface area (Å²) >= 11 is 0. The van der Waals surface area contributed by atoms with Gasteiger partial charge in [-0.3, -0.25) is 19.8 Å². The van der Waals surface area contributed by atoms with E-state index in [9.17, 15) is 27.9 Å². The van der Waals surface area contributed by atoms with Gasteiger partial charge in [0.1, 0.15) is 0 Å². The van der Waals surface area contributed by atoms with Crippen LogP contribution in [0.1, 0.15) is 71.9 Å². The first-order chi connectivity index (χ1) is 23.4. The number of carbonyl (C=O) groups excluding carboxylic acids is 3. The van der Waals surface area contributed by atoms with E-state index in [0.717, 1.165) is 28.3 Å². The predicted molar refractivity (Wildman–Crippen MR) is 191 cm³/mol. The Morgan fingerprint density at radius 3 is 1.88 bits per heavy atom. The summed E-state index contributed by atoms with van der Waals surface area (Å²) in [5.74, 6) is -1.24. The zero-order chi connectivity index (χ0) is 36.0. The summed E-state index contributed by atoms with van der Waals surface area (Å²) in [6.45, 7) is 7.33. The zero-order valence-electron chi connectivity index (χ0n) is 29.3. The molecule has 3 aromatic carbocycles. The minimum absolute atomic E-state index is 0.0218. The quantitative estimate of drug-likeness (QED) is 0.162. The smallest absolute Gasteiger partial charge is 0.253 e. The second-order valence-electron chi connectivity index (χ2n) is 12.3. The number of nitrogens with one attached hydrogen (secondary N) is 2. The second kappa shape index (κ2) is 19.2. The molecule has 0 saturated carbocycles. The lowest BCUT2D eigenvalue weighted by molar-refractivity contribution is -0.126. The molecule has 0 heterocycles. The highest BCUT2D eigenvalue weighted by atomic mass is 32.2. The standard InChI is InChI=1S/C37H51N5O6S/c1-6-19-41(20-7-2)37(46)31-24-30(25-32(26-31)49(47,48)40(4)5)36(45)38-33(22-28-15-11-9-12-16-28)34(43)27-42(21-8-3)39-35(44)23-29-17-13-10-14-18-29/h9-18,24-26,33-34,43H,6-8,19-23,27H2,1-5H3,(H,38,45)(H,39,44). The van der Waals surface area contributed by atoms with Crippen molar-refractivity contribution in [2.24, 2.45) is 0 Å². The number of rotatable bonds is 19. The summed E-state index contributed by atoms with van der Waals surface area (Å²) in [6, 6.07) is 21.8. The molecule has 3 aromatic rings. The van der Waals surface area contributed by atoms with Crippen LogP contribution >= 0.6 is 0 Å². The monoisotopic (exact) mass is 693 g/mol. The highest BCUT2D eigenvalue weighted by molar-refractivity contribution is 7.89. The second-order valence-corrected chi connectivity index (χ2v) is 14.5. The minimum atomic E-state index is -4.00. The Balaban J connectivity index is 1.94. The molecular formula is C37H51N5O6S. The number of aliphatic hydroxyl groups excluding tert-OH is 1. The van der Waals surface area contributed by atoms with Crippen molar-refractivity contribution < 1.29 is 27.9 Å². The Morgan fingerprint density at radius 2 is 1.33 bits per heavy atom. The Bertz CT molecular complexity index is 1610. The molecule has 0 aliphatic carbocycles. The molecule has 12 heteroatoms. The topological polar surface area (TPSA) is 139 Å². The normalized spacial score (nSPS) is 12.8. The first-order valence-corrected chi connectivity index (χ1v) is 18.3. The van der Waals surface area contributed by atoms with Gasteiger partial charge >= 0.3 is 0 Å². The number of hydrogen-bond donors (Lipinski definition) is 3. The van der Waals surface area contributed by atoms with Crippen LogP contribution in [-0.2, 0) is 27.7 Å². The van der Waals surface area contributed by atoms with Crippen molar-refractivity contribution in [2.45, 2.75) is 69.9 Å². The summed E-state index contributed by atoms with van der Waals surface area (Å²) in [7, 11) is -1.23. The summed E-state index contributed by atoms with van der Waals surface area (Å²) in [4.78, 5) is 41.9. The fourth-order valence-corrected chi connectivity index (χ4v) is 6.44. The molecule has 0 aromatic heterocycles. The first-order valence-electron chi connectivity index (χ1n) is 16.9. The van der Waals surface area contributed by atoms with E-state index in [2.05, 4.69) is 10.7 Å². The van der Waals surface area contributed by atoms with Crippen molar-refractivity contribution in [1.29, 1.82) is 0 Å². The number of amides is 3. The van der Waals surface area contributed by atoms with E-state index in [4.69, 9.17) is 0 Å². The molecule has 49 heavy (non-hydrogen) atoms. The largest absolute Gasteiger partial charge is 0.390 e. The van der Waals surface area contributed by atoms with Crippen molar-refractivity contribution in [3.8, 4) is 0 Å². The SMILES string of the molecule is CCCN(CC(O)C(Cc1ccccc1)NC(=O)c1cc(C(=O)N(CCC)CCC)cc(S(=O)(=O)N(C)C)c1)NC(=O)Cc1ccccc1. The number of aliphatic hydroxyl groups is 1. The van der Waals surface area contributed by atoms with Crippen LogP contribution < -0.4 is 10.7 Å².